The first-order valence-corrected chi connectivity index (χ1v) is 7.88. The van der Waals surface area contributed by atoms with E-state index in [1.807, 2.05) is 31.6 Å². The minimum absolute atomic E-state index is 0. The molecule has 1 aromatic carbocycles. The standard InChI is InChI=1S/C17H23F2N5O.HI/c1-11-15(12(2)24(4)23-11)10-22-17(20-3)21-9-13-6-5-7-14(8-13)25-16(18)19;/h5-8,16H,9-10H2,1-4H3,(H2,20,21,22);1H. The third-order valence-corrected chi connectivity index (χ3v) is 3.90. The Hall–Kier alpha value is -1.91. The van der Waals surface area contributed by atoms with E-state index in [1.165, 1.54) is 6.07 Å². The average Bonchev–Trinajstić information content (AvgIpc) is 2.80. The van der Waals surface area contributed by atoms with Crippen molar-refractivity contribution in [3.63, 3.8) is 0 Å². The van der Waals surface area contributed by atoms with Crippen LogP contribution in [-0.4, -0.2) is 29.4 Å². The van der Waals surface area contributed by atoms with Crippen molar-refractivity contribution in [2.24, 2.45) is 12.0 Å². The Morgan fingerprint density at radius 2 is 1.96 bits per heavy atom. The highest BCUT2D eigenvalue weighted by Gasteiger charge is 2.10. The molecular weight excluding hydrogens is 455 g/mol. The Morgan fingerprint density at radius 1 is 1.27 bits per heavy atom. The molecule has 9 heteroatoms. The number of benzene rings is 1. The van der Waals surface area contributed by atoms with Gasteiger partial charge in [0, 0.05) is 38.4 Å². The van der Waals surface area contributed by atoms with Crippen LogP contribution in [-0.2, 0) is 20.1 Å². The fraction of sp³-hybridized carbons (Fsp3) is 0.412. The summed E-state index contributed by atoms with van der Waals surface area (Å²) < 4.78 is 30.8. The van der Waals surface area contributed by atoms with Gasteiger partial charge >= 0.3 is 6.61 Å². The summed E-state index contributed by atoms with van der Waals surface area (Å²) >= 11 is 0. The quantitative estimate of drug-likeness (QED) is 0.380. The van der Waals surface area contributed by atoms with E-state index >= 15 is 0 Å². The first-order chi connectivity index (χ1) is 11.9. The Balaban J connectivity index is 0.00000338. The van der Waals surface area contributed by atoms with Crippen LogP contribution in [0.5, 0.6) is 5.75 Å². The molecule has 1 aromatic heterocycles. The molecule has 6 nitrogen and oxygen atoms in total. The van der Waals surface area contributed by atoms with Gasteiger partial charge in [0.15, 0.2) is 5.96 Å². The Morgan fingerprint density at radius 3 is 2.54 bits per heavy atom. The van der Waals surface area contributed by atoms with Gasteiger partial charge in [0.25, 0.3) is 0 Å². The Bertz CT molecular complexity index is 749. The Labute approximate surface area is 169 Å². The lowest BCUT2D eigenvalue weighted by Gasteiger charge is -2.13. The van der Waals surface area contributed by atoms with E-state index in [0.717, 1.165) is 22.5 Å². The summed E-state index contributed by atoms with van der Waals surface area (Å²) in [5.41, 5.74) is 4.00. The number of aliphatic imine (C=N–C) groups is 1. The minimum Gasteiger partial charge on any atom is -0.435 e. The molecule has 0 fully saturated rings. The van der Waals surface area contributed by atoms with E-state index < -0.39 is 6.61 Å². The van der Waals surface area contributed by atoms with Crippen LogP contribution in [0.15, 0.2) is 29.3 Å². The number of ether oxygens (including phenoxy) is 1. The molecule has 144 valence electrons. The van der Waals surface area contributed by atoms with Crippen molar-refractivity contribution in [3.05, 3.63) is 46.8 Å². The van der Waals surface area contributed by atoms with Gasteiger partial charge in [-0.05, 0) is 31.5 Å². The number of aryl methyl sites for hydroxylation is 2. The van der Waals surface area contributed by atoms with Gasteiger partial charge in [-0.1, -0.05) is 12.1 Å². The van der Waals surface area contributed by atoms with Crippen LogP contribution < -0.4 is 15.4 Å². The zero-order valence-corrected chi connectivity index (χ0v) is 17.5. The smallest absolute Gasteiger partial charge is 0.387 e. The molecule has 0 saturated heterocycles. The number of rotatable bonds is 6. The van der Waals surface area contributed by atoms with E-state index in [-0.39, 0.29) is 29.7 Å². The summed E-state index contributed by atoms with van der Waals surface area (Å²) in [5, 5.41) is 10.8. The monoisotopic (exact) mass is 479 g/mol. The van der Waals surface area contributed by atoms with Crippen molar-refractivity contribution in [2.45, 2.75) is 33.5 Å². The average molecular weight is 479 g/mol. The van der Waals surface area contributed by atoms with Crippen LogP contribution in [0.3, 0.4) is 0 Å². The minimum atomic E-state index is -2.83. The lowest BCUT2D eigenvalue weighted by atomic mass is 10.2. The third-order valence-electron chi connectivity index (χ3n) is 3.90. The van der Waals surface area contributed by atoms with Gasteiger partial charge < -0.3 is 15.4 Å². The number of guanidine groups is 1. The van der Waals surface area contributed by atoms with Gasteiger partial charge in [-0.15, -0.1) is 24.0 Å². The van der Waals surface area contributed by atoms with Crippen LogP contribution in [0.2, 0.25) is 0 Å². The molecule has 0 radical (unpaired) electrons. The van der Waals surface area contributed by atoms with Gasteiger partial charge in [0.2, 0.25) is 0 Å². The number of nitrogens with one attached hydrogen (secondary N) is 2. The molecule has 2 N–H and O–H groups in total. The molecule has 2 rings (SSSR count). The summed E-state index contributed by atoms with van der Waals surface area (Å²) in [6.45, 7) is 2.19. The van der Waals surface area contributed by atoms with Crippen molar-refractivity contribution >= 4 is 29.9 Å². The van der Waals surface area contributed by atoms with E-state index in [1.54, 1.807) is 19.2 Å². The van der Waals surface area contributed by atoms with E-state index in [9.17, 15) is 8.78 Å². The number of hydrogen-bond donors (Lipinski definition) is 2. The van der Waals surface area contributed by atoms with E-state index in [2.05, 4.69) is 25.5 Å². The fourth-order valence-corrected chi connectivity index (χ4v) is 2.48. The largest absolute Gasteiger partial charge is 0.435 e. The van der Waals surface area contributed by atoms with Crippen LogP contribution >= 0.6 is 24.0 Å². The number of nitrogens with zero attached hydrogens (tertiary/aromatic N) is 3. The van der Waals surface area contributed by atoms with Gasteiger partial charge in [-0.25, -0.2) is 0 Å². The maximum atomic E-state index is 12.3. The van der Waals surface area contributed by atoms with Crippen molar-refractivity contribution < 1.29 is 13.5 Å². The second kappa shape index (κ2) is 10.3. The second-order valence-corrected chi connectivity index (χ2v) is 5.58. The number of hydrogen-bond acceptors (Lipinski definition) is 3. The topological polar surface area (TPSA) is 63.5 Å². The van der Waals surface area contributed by atoms with E-state index in [0.29, 0.717) is 19.0 Å². The molecule has 0 saturated carbocycles. The number of halogens is 3. The molecule has 0 bridgehead atoms. The maximum Gasteiger partial charge on any atom is 0.387 e. The molecule has 0 spiro atoms. The SMILES string of the molecule is CN=C(NCc1cccc(OC(F)F)c1)NCc1c(C)nn(C)c1C.I. The molecule has 0 aliphatic heterocycles. The van der Waals surface area contributed by atoms with Gasteiger partial charge in [-0.2, -0.15) is 13.9 Å². The van der Waals surface area contributed by atoms with Crippen LogP contribution in [0.4, 0.5) is 8.78 Å². The third kappa shape index (κ3) is 6.11. The van der Waals surface area contributed by atoms with Crippen molar-refractivity contribution in [1.82, 2.24) is 20.4 Å². The van der Waals surface area contributed by atoms with Gasteiger partial charge in [0.1, 0.15) is 5.75 Å². The Kier molecular flexibility index (Phi) is 8.76. The molecule has 0 aliphatic carbocycles. The number of alkyl halides is 2. The van der Waals surface area contributed by atoms with E-state index in [4.69, 9.17) is 0 Å². The predicted molar refractivity (Wildman–Crippen MR) is 108 cm³/mol. The molecule has 2 aromatic rings. The molecular formula is C17H24F2IN5O. The fourth-order valence-electron chi connectivity index (χ4n) is 2.48. The molecule has 0 unspecified atom stereocenters. The van der Waals surface area contributed by atoms with Crippen LogP contribution in [0.1, 0.15) is 22.5 Å². The lowest BCUT2D eigenvalue weighted by Crippen LogP contribution is -2.36. The lowest BCUT2D eigenvalue weighted by molar-refractivity contribution is -0.0498. The van der Waals surface area contributed by atoms with Crippen LogP contribution in [0.25, 0.3) is 0 Å². The molecule has 1 heterocycles. The highest BCUT2D eigenvalue weighted by atomic mass is 127. The predicted octanol–water partition coefficient (Wildman–Crippen LogP) is 3.12. The second-order valence-electron chi connectivity index (χ2n) is 5.58. The van der Waals surface area contributed by atoms with Crippen LogP contribution in [0, 0.1) is 13.8 Å². The van der Waals surface area contributed by atoms with Crippen molar-refractivity contribution in [2.75, 3.05) is 7.05 Å². The summed E-state index contributed by atoms with van der Waals surface area (Å²) in [6, 6.07) is 6.57. The number of aromatic nitrogens is 2. The summed E-state index contributed by atoms with van der Waals surface area (Å²) in [5.74, 6) is 0.752. The molecule has 0 aliphatic rings. The van der Waals surface area contributed by atoms with Crippen molar-refractivity contribution in [3.8, 4) is 5.75 Å². The summed E-state index contributed by atoms with van der Waals surface area (Å²) in [7, 11) is 3.59. The molecule has 0 amide bonds. The highest BCUT2D eigenvalue weighted by molar-refractivity contribution is 14.0. The molecule has 0 atom stereocenters. The first-order valence-electron chi connectivity index (χ1n) is 7.88. The normalized spacial score (nSPS) is 11.3. The zero-order chi connectivity index (χ0) is 18.4. The zero-order valence-electron chi connectivity index (χ0n) is 15.2. The first kappa shape index (κ1) is 22.1. The summed E-state index contributed by atoms with van der Waals surface area (Å²) in [4.78, 5) is 4.17. The van der Waals surface area contributed by atoms with Gasteiger partial charge in [0.05, 0.1) is 5.69 Å². The van der Waals surface area contributed by atoms with Gasteiger partial charge in [-0.3, -0.25) is 9.67 Å². The molecule has 26 heavy (non-hydrogen) atoms. The van der Waals surface area contributed by atoms with Crippen molar-refractivity contribution in [1.29, 1.82) is 0 Å². The maximum absolute atomic E-state index is 12.3. The summed E-state index contributed by atoms with van der Waals surface area (Å²) in [6.07, 6.45) is 0. The highest BCUT2D eigenvalue weighted by Crippen LogP contribution is 2.16.